The topological polar surface area (TPSA) is 89.6 Å². The van der Waals surface area contributed by atoms with Crippen molar-refractivity contribution in [3.05, 3.63) is 204 Å². The molecule has 9 rings (SSSR count). The molecule has 1 spiro atoms. The molecule has 7 heteroatoms. The Morgan fingerprint density at radius 3 is 1.89 bits per heavy atom. The lowest BCUT2D eigenvalue weighted by Crippen LogP contribution is -2.41. The Labute approximate surface area is 319 Å². The van der Waals surface area contributed by atoms with Gasteiger partial charge in [-0.1, -0.05) is 152 Å². The lowest BCUT2D eigenvalue weighted by atomic mass is 9.80. The number of rotatable bonds is 11. The van der Waals surface area contributed by atoms with Crippen LogP contribution in [0.4, 0.5) is 0 Å². The molecule has 55 heavy (non-hydrogen) atoms. The normalized spacial score (nSPS) is 18.9. The molecule has 0 radical (unpaired) electrons. The Morgan fingerprint density at radius 2 is 1.27 bits per heavy atom. The number of carbonyl (C=O) groups is 2. The summed E-state index contributed by atoms with van der Waals surface area (Å²) in [5.74, 6) is -0.177. The highest BCUT2D eigenvalue weighted by Crippen LogP contribution is 2.61. The summed E-state index contributed by atoms with van der Waals surface area (Å²) >= 11 is 0. The van der Waals surface area contributed by atoms with Crippen LogP contribution in [-0.2, 0) is 26.6 Å². The molecule has 1 saturated heterocycles. The van der Waals surface area contributed by atoms with Crippen molar-refractivity contribution in [3.8, 4) is 17.0 Å². The first-order valence-corrected chi connectivity index (χ1v) is 18.7. The minimum absolute atomic E-state index is 0.0998. The van der Waals surface area contributed by atoms with Gasteiger partial charge in [0.15, 0.2) is 5.60 Å². The van der Waals surface area contributed by atoms with Crippen LogP contribution in [0.5, 0.6) is 5.75 Å². The van der Waals surface area contributed by atoms with Crippen LogP contribution in [0, 0.1) is 11.3 Å². The quantitative estimate of drug-likeness (QED) is 0.103. The van der Waals surface area contributed by atoms with Crippen LogP contribution in [0.1, 0.15) is 46.7 Å². The number of hydrogen-bond acceptors (Lipinski definition) is 5. The van der Waals surface area contributed by atoms with Crippen molar-refractivity contribution in [3.63, 3.8) is 0 Å². The third-order valence-corrected chi connectivity index (χ3v) is 11.1. The molecule has 2 N–H and O–H groups in total. The fraction of sp³-hybridized carbons (Fsp3) is 0.146. The van der Waals surface area contributed by atoms with Gasteiger partial charge in [0, 0.05) is 16.5 Å². The maximum Gasteiger partial charge on any atom is 0.247 e. The van der Waals surface area contributed by atoms with Crippen molar-refractivity contribution in [2.75, 3.05) is 0 Å². The molecule has 270 valence electrons. The third kappa shape index (κ3) is 6.43. The molecule has 1 aliphatic carbocycles. The number of ether oxygens (including phenoxy) is 1. The molecule has 1 saturated carbocycles. The van der Waals surface area contributed by atoms with Crippen LogP contribution in [0.3, 0.4) is 0 Å². The fourth-order valence-corrected chi connectivity index (χ4v) is 8.11. The first kappa shape index (κ1) is 34.2. The van der Waals surface area contributed by atoms with E-state index in [-0.39, 0.29) is 17.9 Å². The minimum Gasteiger partial charge on any atom is -0.489 e. The molecular formula is C48H39N3O4. The van der Waals surface area contributed by atoms with E-state index < -0.39 is 16.9 Å². The summed E-state index contributed by atoms with van der Waals surface area (Å²) in [7, 11) is 0. The Bertz CT molecular complexity index is 2360. The monoisotopic (exact) mass is 721 g/mol. The van der Waals surface area contributed by atoms with Crippen molar-refractivity contribution < 1.29 is 19.2 Å². The molecule has 3 atom stereocenters. The summed E-state index contributed by atoms with van der Waals surface area (Å²) in [6.45, 7) is 0.379. The Balaban J connectivity index is 0.887. The van der Waals surface area contributed by atoms with Gasteiger partial charge in [-0.25, -0.2) is 10.5 Å². The van der Waals surface area contributed by atoms with E-state index in [4.69, 9.17) is 14.6 Å². The highest BCUT2D eigenvalue weighted by Gasteiger charge is 2.67. The predicted molar refractivity (Wildman–Crippen MR) is 212 cm³/mol. The van der Waals surface area contributed by atoms with E-state index in [2.05, 4.69) is 35.1 Å². The first-order chi connectivity index (χ1) is 27.0. The first-order valence-electron chi connectivity index (χ1n) is 18.7. The zero-order valence-electron chi connectivity index (χ0n) is 30.1. The second kappa shape index (κ2) is 14.3. The standard InChI is InChI=1S/C48H39N3O4/c52-45(51-55-48(36-17-7-2-8-18-36,37-19-9-3-10-20-37)38-21-11-4-12-22-38)41-30-47(41)31-44(50-46(47)53)34-25-27-39(28-26-34)54-32-35-29-43(33-15-5-1-6-16-33)49-42-24-14-13-23-40(35)42/h1-29,41,44H,30-32H2,(H,50,53)(H,51,52). The van der Waals surface area contributed by atoms with Crippen molar-refractivity contribution >= 4 is 22.7 Å². The van der Waals surface area contributed by atoms with E-state index in [9.17, 15) is 9.59 Å². The Kier molecular flexibility index (Phi) is 8.92. The van der Waals surface area contributed by atoms with Gasteiger partial charge in [0.25, 0.3) is 0 Å². The number of amides is 2. The number of nitrogens with one attached hydrogen (secondary N) is 2. The molecule has 1 aromatic heterocycles. The molecule has 0 bridgehead atoms. The number of hydrogen-bond donors (Lipinski definition) is 2. The largest absolute Gasteiger partial charge is 0.489 e. The molecule has 2 aliphatic rings. The Morgan fingerprint density at radius 1 is 0.709 bits per heavy atom. The molecule has 6 aromatic carbocycles. The summed E-state index contributed by atoms with van der Waals surface area (Å²) in [4.78, 5) is 38.9. The van der Waals surface area contributed by atoms with E-state index in [0.29, 0.717) is 19.4 Å². The second-order valence-electron chi connectivity index (χ2n) is 14.4. The number of pyridine rings is 1. The molecule has 1 aliphatic heterocycles. The van der Waals surface area contributed by atoms with Crippen molar-refractivity contribution in [1.29, 1.82) is 0 Å². The number of para-hydroxylation sites is 1. The molecule has 7 nitrogen and oxygen atoms in total. The van der Waals surface area contributed by atoms with Crippen LogP contribution < -0.4 is 15.5 Å². The average molecular weight is 722 g/mol. The van der Waals surface area contributed by atoms with Crippen molar-refractivity contribution in [1.82, 2.24) is 15.8 Å². The molecular weight excluding hydrogens is 683 g/mol. The Hall–Kier alpha value is -6.57. The molecule has 2 heterocycles. The highest BCUT2D eigenvalue weighted by atomic mass is 16.7. The zero-order chi connectivity index (χ0) is 37.2. The third-order valence-electron chi connectivity index (χ3n) is 11.1. The zero-order valence-corrected chi connectivity index (χ0v) is 30.1. The van der Waals surface area contributed by atoms with Crippen LogP contribution in [0.25, 0.3) is 22.2 Å². The number of carbonyl (C=O) groups excluding carboxylic acids is 2. The summed E-state index contributed by atoms with van der Waals surface area (Å²) < 4.78 is 6.30. The molecule has 3 unspecified atom stereocenters. The van der Waals surface area contributed by atoms with Gasteiger partial charge in [0.05, 0.1) is 28.6 Å². The smallest absolute Gasteiger partial charge is 0.247 e. The fourth-order valence-electron chi connectivity index (χ4n) is 8.11. The number of nitrogens with zero attached hydrogens (tertiary/aromatic N) is 1. The van der Waals surface area contributed by atoms with Crippen LogP contribution in [-0.4, -0.2) is 16.8 Å². The van der Waals surface area contributed by atoms with Crippen LogP contribution in [0.2, 0.25) is 0 Å². The van der Waals surface area contributed by atoms with Gasteiger partial charge in [-0.05, 0) is 59.4 Å². The minimum atomic E-state index is -1.11. The van der Waals surface area contributed by atoms with E-state index in [0.717, 1.165) is 55.7 Å². The molecule has 2 fully saturated rings. The highest BCUT2D eigenvalue weighted by molar-refractivity contribution is 5.97. The predicted octanol–water partition coefficient (Wildman–Crippen LogP) is 9.09. The lowest BCUT2D eigenvalue weighted by molar-refractivity contribution is -0.146. The molecule has 2 amide bonds. The van der Waals surface area contributed by atoms with Gasteiger partial charge in [0.2, 0.25) is 11.8 Å². The van der Waals surface area contributed by atoms with Crippen LogP contribution >= 0.6 is 0 Å². The maximum atomic E-state index is 13.9. The van der Waals surface area contributed by atoms with E-state index in [1.54, 1.807) is 0 Å². The van der Waals surface area contributed by atoms with Gasteiger partial charge in [-0.2, -0.15) is 0 Å². The van der Waals surface area contributed by atoms with E-state index in [1.807, 2.05) is 152 Å². The second-order valence-corrected chi connectivity index (χ2v) is 14.4. The van der Waals surface area contributed by atoms with Crippen molar-refractivity contribution in [2.45, 2.75) is 31.1 Å². The summed E-state index contributed by atoms with van der Waals surface area (Å²) in [6.07, 6.45) is 0.988. The maximum absolute atomic E-state index is 13.9. The SMILES string of the molecule is O=C(NOC(c1ccccc1)(c1ccccc1)c1ccccc1)C1CC12CC(c1ccc(OCc3cc(-c4ccccc4)nc4ccccc34)cc1)NC2=O. The summed E-state index contributed by atoms with van der Waals surface area (Å²) in [5.41, 5.74) is 8.45. The average Bonchev–Trinajstić information content (AvgIpc) is 3.90. The summed E-state index contributed by atoms with van der Waals surface area (Å²) in [6, 6.07) is 57.6. The van der Waals surface area contributed by atoms with Gasteiger partial charge in [-0.3, -0.25) is 14.4 Å². The number of fused-ring (bicyclic) bond motifs is 1. The lowest BCUT2D eigenvalue weighted by Gasteiger charge is -2.35. The van der Waals surface area contributed by atoms with E-state index >= 15 is 0 Å². The summed E-state index contributed by atoms with van der Waals surface area (Å²) in [5, 5.41) is 4.22. The molecule has 7 aromatic rings. The van der Waals surface area contributed by atoms with Gasteiger partial charge < -0.3 is 10.1 Å². The number of aromatic nitrogens is 1. The number of benzene rings is 6. The van der Waals surface area contributed by atoms with Crippen molar-refractivity contribution in [2.24, 2.45) is 11.3 Å². The number of hydroxylamine groups is 1. The van der Waals surface area contributed by atoms with E-state index in [1.165, 1.54) is 0 Å². The van der Waals surface area contributed by atoms with Gasteiger partial charge >= 0.3 is 0 Å². The van der Waals surface area contributed by atoms with Gasteiger partial charge in [0.1, 0.15) is 12.4 Å². The van der Waals surface area contributed by atoms with Gasteiger partial charge in [-0.15, -0.1) is 0 Å². The van der Waals surface area contributed by atoms with Crippen LogP contribution in [0.15, 0.2) is 176 Å².